The van der Waals surface area contributed by atoms with Gasteiger partial charge in [0.25, 0.3) is 5.56 Å². The molecule has 8 heteroatoms. The highest BCUT2D eigenvalue weighted by atomic mass is 32.2. The van der Waals surface area contributed by atoms with Crippen LogP contribution in [0.2, 0.25) is 0 Å². The first-order valence-corrected chi connectivity index (χ1v) is 9.56. The van der Waals surface area contributed by atoms with Crippen LogP contribution in [0, 0.1) is 18.3 Å². The van der Waals surface area contributed by atoms with Gasteiger partial charge in [-0.25, -0.2) is 14.8 Å². The normalized spacial score (nSPS) is 12.2. The average molecular weight is 378 g/mol. The van der Waals surface area contributed by atoms with Crippen molar-refractivity contribution in [3.8, 4) is 0 Å². The van der Waals surface area contributed by atoms with E-state index in [9.17, 15) is 14.4 Å². The van der Waals surface area contributed by atoms with Crippen molar-refractivity contribution < 1.29 is 4.79 Å². The van der Waals surface area contributed by atoms with Crippen LogP contribution in [0.4, 0.5) is 0 Å². The predicted molar refractivity (Wildman–Crippen MR) is 104 cm³/mol. The highest BCUT2D eigenvalue weighted by Gasteiger charge is 2.23. The average Bonchev–Trinajstić information content (AvgIpc) is 2.52. The third-order valence-corrected chi connectivity index (χ3v) is 4.96. The lowest BCUT2D eigenvalue weighted by Crippen LogP contribution is -2.39. The molecular formula is C18H26N4O3S. The molecule has 0 aliphatic heterocycles. The Balaban J connectivity index is 2.69. The fourth-order valence-corrected chi connectivity index (χ4v) is 3.65. The van der Waals surface area contributed by atoms with Gasteiger partial charge in [-0.05, 0) is 12.8 Å². The number of ketones is 1. The molecule has 0 aromatic carbocycles. The molecule has 2 aromatic rings. The number of nitrogens with zero attached hydrogens (tertiary/aromatic N) is 4. The number of hydrogen-bond donors (Lipinski definition) is 0. The minimum atomic E-state index is -0.463. The van der Waals surface area contributed by atoms with Crippen LogP contribution in [0.3, 0.4) is 0 Å². The van der Waals surface area contributed by atoms with Crippen LogP contribution in [0.5, 0.6) is 0 Å². The van der Waals surface area contributed by atoms with Crippen molar-refractivity contribution >= 4 is 28.6 Å². The first kappa shape index (κ1) is 20.4. The van der Waals surface area contributed by atoms with Gasteiger partial charge in [0.05, 0.1) is 5.75 Å². The van der Waals surface area contributed by atoms with Crippen molar-refractivity contribution in [1.82, 2.24) is 19.1 Å². The maximum Gasteiger partial charge on any atom is 0.332 e. The Morgan fingerprint density at radius 1 is 1.19 bits per heavy atom. The van der Waals surface area contributed by atoms with Crippen LogP contribution >= 0.6 is 11.8 Å². The first-order chi connectivity index (χ1) is 11.9. The summed E-state index contributed by atoms with van der Waals surface area (Å²) < 4.78 is 2.60. The van der Waals surface area contributed by atoms with Gasteiger partial charge >= 0.3 is 5.69 Å². The maximum absolute atomic E-state index is 12.7. The Morgan fingerprint density at radius 2 is 1.81 bits per heavy atom. The number of carbonyl (C=O) groups excluding carboxylic acids is 1. The summed E-state index contributed by atoms with van der Waals surface area (Å²) in [5, 5.41) is 0.744. The highest BCUT2D eigenvalue weighted by Crippen LogP contribution is 2.26. The summed E-state index contributed by atoms with van der Waals surface area (Å²) in [4.78, 5) is 46.3. The number of hydrogen-bond acceptors (Lipinski definition) is 6. The van der Waals surface area contributed by atoms with Crippen LogP contribution in [0.1, 0.15) is 40.4 Å². The van der Waals surface area contributed by atoms with Crippen LogP contribution in [0.25, 0.3) is 11.0 Å². The zero-order valence-electron chi connectivity index (χ0n) is 16.4. The van der Waals surface area contributed by atoms with E-state index in [2.05, 4.69) is 9.97 Å². The standard InChI is InChI=1S/C18H26N4O3S/c1-10(2)8-22-14-13(16(24)21(7)17(22)25)15(20-11(3)19-14)26-9-12(23)18(4,5)6/h10H,8-9H2,1-7H3. The van der Waals surface area contributed by atoms with Gasteiger partial charge in [0.15, 0.2) is 5.65 Å². The number of thioether (sulfide) groups is 1. The lowest BCUT2D eigenvalue weighted by atomic mass is 9.92. The van der Waals surface area contributed by atoms with E-state index in [-0.39, 0.29) is 17.5 Å². The fraction of sp³-hybridized carbons (Fsp3) is 0.611. The molecule has 0 unspecified atom stereocenters. The van der Waals surface area contributed by atoms with Gasteiger partial charge in [-0.15, -0.1) is 0 Å². The molecule has 26 heavy (non-hydrogen) atoms. The molecule has 0 aliphatic carbocycles. The summed E-state index contributed by atoms with van der Waals surface area (Å²) in [6, 6.07) is 0. The maximum atomic E-state index is 12.7. The Hall–Kier alpha value is -1.96. The molecule has 2 aromatic heterocycles. The summed E-state index contributed by atoms with van der Waals surface area (Å²) in [5.74, 6) is 0.955. The Labute approximate surface area is 156 Å². The van der Waals surface area contributed by atoms with E-state index in [0.29, 0.717) is 28.4 Å². The minimum absolute atomic E-state index is 0.0687. The molecule has 0 saturated heterocycles. The summed E-state index contributed by atoms with van der Waals surface area (Å²) in [6.45, 7) is 11.7. The monoisotopic (exact) mass is 378 g/mol. The summed E-state index contributed by atoms with van der Waals surface area (Å²) >= 11 is 1.23. The number of Topliss-reactive ketones (excluding diaryl/α,β-unsaturated/α-hetero) is 1. The topological polar surface area (TPSA) is 86.9 Å². The molecule has 7 nitrogen and oxygen atoms in total. The van der Waals surface area contributed by atoms with Gasteiger partial charge < -0.3 is 0 Å². The third-order valence-electron chi connectivity index (χ3n) is 3.98. The van der Waals surface area contributed by atoms with Gasteiger partial charge in [0, 0.05) is 19.0 Å². The lowest BCUT2D eigenvalue weighted by Gasteiger charge is -2.17. The number of carbonyl (C=O) groups is 1. The predicted octanol–water partition coefficient (Wildman–Crippen LogP) is 2.16. The van der Waals surface area contributed by atoms with Crippen molar-refractivity contribution in [2.24, 2.45) is 18.4 Å². The zero-order valence-corrected chi connectivity index (χ0v) is 17.2. The van der Waals surface area contributed by atoms with E-state index >= 15 is 0 Å². The molecular weight excluding hydrogens is 352 g/mol. The third kappa shape index (κ3) is 4.06. The largest absolute Gasteiger partial charge is 0.332 e. The molecule has 0 aliphatic rings. The van der Waals surface area contributed by atoms with Crippen LogP contribution < -0.4 is 11.2 Å². The van der Waals surface area contributed by atoms with Gasteiger partial charge in [-0.3, -0.25) is 18.7 Å². The smallest absolute Gasteiger partial charge is 0.298 e. The van der Waals surface area contributed by atoms with Crippen molar-refractivity contribution in [2.75, 3.05) is 5.75 Å². The van der Waals surface area contributed by atoms with E-state index in [1.807, 2.05) is 34.6 Å². The summed E-state index contributed by atoms with van der Waals surface area (Å²) in [7, 11) is 1.45. The van der Waals surface area contributed by atoms with Gasteiger partial charge in [-0.2, -0.15) is 0 Å². The molecule has 142 valence electrons. The second kappa shape index (κ2) is 7.34. The molecule has 2 heterocycles. The van der Waals surface area contributed by atoms with Gasteiger partial charge in [-0.1, -0.05) is 46.4 Å². The van der Waals surface area contributed by atoms with E-state index < -0.39 is 16.7 Å². The second-order valence-corrected chi connectivity index (χ2v) is 8.85. The molecule has 0 saturated carbocycles. The Morgan fingerprint density at radius 3 is 2.35 bits per heavy atom. The SMILES string of the molecule is Cc1nc(SCC(=O)C(C)(C)C)c2c(=O)n(C)c(=O)n(CC(C)C)c2n1. The quantitative estimate of drug-likeness (QED) is 0.585. The van der Waals surface area contributed by atoms with Crippen LogP contribution in [-0.4, -0.2) is 30.6 Å². The fourth-order valence-electron chi connectivity index (χ4n) is 2.43. The van der Waals surface area contributed by atoms with Crippen molar-refractivity contribution in [3.63, 3.8) is 0 Å². The lowest BCUT2D eigenvalue weighted by molar-refractivity contribution is -0.123. The van der Waals surface area contributed by atoms with Crippen molar-refractivity contribution in [3.05, 3.63) is 26.7 Å². The number of aromatic nitrogens is 4. The minimum Gasteiger partial charge on any atom is -0.298 e. The van der Waals surface area contributed by atoms with Crippen molar-refractivity contribution in [2.45, 2.75) is 53.1 Å². The van der Waals surface area contributed by atoms with E-state index in [4.69, 9.17) is 0 Å². The van der Waals surface area contributed by atoms with Gasteiger partial charge in [0.1, 0.15) is 22.0 Å². The first-order valence-electron chi connectivity index (χ1n) is 8.57. The zero-order chi connectivity index (χ0) is 19.8. The molecule has 0 N–H and O–H groups in total. The second-order valence-electron chi connectivity index (χ2n) is 7.89. The Kier molecular flexibility index (Phi) is 5.75. The summed E-state index contributed by atoms with van der Waals surface area (Å²) in [5.41, 5.74) is -0.952. The summed E-state index contributed by atoms with van der Waals surface area (Å²) in [6.07, 6.45) is 0. The molecule has 0 radical (unpaired) electrons. The molecule has 0 atom stereocenters. The van der Waals surface area contributed by atoms with Gasteiger partial charge in [0.2, 0.25) is 0 Å². The van der Waals surface area contributed by atoms with Crippen molar-refractivity contribution in [1.29, 1.82) is 0 Å². The Bertz CT molecular complexity index is 968. The number of fused-ring (bicyclic) bond motifs is 1. The van der Waals surface area contributed by atoms with E-state index in [1.165, 1.54) is 23.4 Å². The number of aryl methyl sites for hydroxylation is 1. The number of rotatable bonds is 5. The molecule has 0 spiro atoms. The van der Waals surface area contributed by atoms with Crippen LogP contribution in [-0.2, 0) is 18.4 Å². The molecule has 2 rings (SSSR count). The molecule has 0 fully saturated rings. The molecule has 0 bridgehead atoms. The molecule has 0 amide bonds. The van der Waals surface area contributed by atoms with E-state index in [1.54, 1.807) is 6.92 Å². The highest BCUT2D eigenvalue weighted by molar-refractivity contribution is 8.00. The van der Waals surface area contributed by atoms with E-state index in [0.717, 1.165) is 4.57 Å². The van der Waals surface area contributed by atoms with Crippen LogP contribution in [0.15, 0.2) is 14.6 Å².